The Morgan fingerprint density at radius 2 is 1.65 bits per heavy atom. The Morgan fingerprint density at radius 1 is 0.923 bits per heavy atom. The minimum absolute atomic E-state index is 0.523. The van der Waals surface area contributed by atoms with Gasteiger partial charge in [0, 0.05) is 41.6 Å². The van der Waals surface area contributed by atoms with E-state index in [0.717, 1.165) is 28.9 Å². The van der Waals surface area contributed by atoms with Gasteiger partial charge in [0.15, 0.2) is 11.5 Å². The van der Waals surface area contributed by atoms with E-state index < -0.39 is 0 Å². The molecule has 0 aliphatic heterocycles. The molecule has 0 fully saturated rings. The molecule has 1 aliphatic rings. The summed E-state index contributed by atoms with van der Waals surface area (Å²) in [4.78, 5) is 9.16. The summed E-state index contributed by atoms with van der Waals surface area (Å²) < 4.78 is 16.1. The summed E-state index contributed by atoms with van der Waals surface area (Å²) in [6, 6.07) is 12.0. The van der Waals surface area contributed by atoms with Crippen LogP contribution < -0.4 is 19.5 Å². The van der Waals surface area contributed by atoms with Crippen molar-refractivity contribution in [1.29, 1.82) is 0 Å². The predicted octanol–water partition coefficient (Wildman–Crippen LogP) is 3.82. The summed E-state index contributed by atoms with van der Waals surface area (Å²) >= 11 is 0. The van der Waals surface area contributed by atoms with Gasteiger partial charge < -0.3 is 19.5 Å². The third-order valence-electron chi connectivity index (χ3n) is 4.44. The first-order chi connectivity index (χ1) is 12.7. The molecule has 4 rings (SSSR count). The van der Waals surface area contributed by atoms with Gasteiger partial charge in [-0.15, -0.1) is 0 Å². The zero-order chi connectivity index (χ0) is 18.1. The Bertz CT molecular complexity index is 947. The Hall–Kier alpha value is -3.28. The lowest BCUT2D eigenvalue weighted by Gasteiger charge is -2.14. The average Bonchev–Trinajstić information content (AvgIpc) is 3.05. The van der Waals surface area contributed by atoms with Gasteiger partial charge >= 0.3 is 0 Å². The maximum Gasteiger partial charge on any atom is 0.227 e. The van der Waals surface area contributed by atoms with Crippen molar-refractivity contribution in [3.8, 4) is 28.5 Å². The molecule has 0 saturated heterocycles. The second kappa shape index (κ2) is 6.55. The zero-order valence-corrected chi connectivity index (χ0v) is 14.9. The smallest absolute Gasteiger partial charge is 0.227 e. The van der Waals surface area contributed by atoms with Gasteiger partial charge in [0.05, 0.1) is 27.0 Å². The fourth-order valence-electron chi connectivity index (χ4n) is 3.22. The van der Waals surface area contributed by atoms with E-state index in [0.29, 0.717) is 23.2 Å². The highest BCUT2D eigenvalue weighted by atomic mass is 16.5. The van der Waals surface area contributed by atoms with Crippen molar-refractivity contribution < 1.29 is 14.2 Å². The van der Waals surface area contributed by atoms with Gasteiger partial charge in [0.25, 0.3) is 0 Å². The number of hydrogen-bond acceptors (Lipinski definition) is 6. The third kappa shape index (κ3) is 2.69. The summed E-state index contributed by atoms with van der Waals surface area (Å²) in [5.74, 6) is 2.21. The van der Waals surface area contributed by atoms with Crippen LogP contribution in [0.25, 0.3) is 11.3 Å². The van der Waals surface area contributed by atoms with E-state index in [2.05, 4.69) is 22.4 Å². The van der Waals surface area contributed by atoms with E-state index in [1.807, 2.05) is 30.5 Å². The van der Waals surface area contributed by atoms with Crippen LogP contribution in [0.5, 0.6) is 17.2 Å². The molecule has 3 aromatic rings. The van der Waals surface area contributed by atoms with Crippen molar-refractivity contribution >= 4 is 11.6 Å². The lowest BCUT2D eigenvalue weighted by atomic mass is 10.1. The fraction of sp³-hybridized carbons (Fsp3) is 0.200. The van der Waals surface area contributed by atoms with Crippen molar-refractivity contribution in [3.05, 3.63) is 53.7 Å². The number of benzene rings is 2. The standard InChI is InChI=1S/C20H19N3O3/c1-24-16-9-14(10-17(25-2)19(16)26-3)22-20-21-11-13-8-12-6-4-5-7-15(12)18(13)23-20/h4-7,9-11H,8H2,1-3H3,(H,21,22,23). The van der Waals surface area contributed by atoms with Crippen molar-refractivity contribution in [3.63, 3.8) is 0 Å². The summed E-state index contributed by atoms with van der Waals surface area (Å²) in [5.41, 5.74) is 5.32. The van der Waals surface area contributed by atoms with Gasteiger partial charge in [0.1, 0.15) is 0 Å². The first kappa shape index (κ1) is 16.2. The third-order valence-corrected chi connectivity index (χ3v) is 4.44. The molecular formula is C20H19N3O3. The van der Waals surface area contributed by atoms with E-state index in [1.54, 1.807) is 21.3 Å². The number of aromatic nitrogens is 2. The van der Waals surface area contributed by atoms with Gasteiger partial charge in [-0.25, -0.2) is 9.97 Å². The predicted molar refractivity (Wildman–Crippen MR) is 99.7 cm³/mol. The second-order valence-electron chi connectivity index (χ2n) is 5.94. The number of fused-ring (bicyclic) bond motifs is 3. The Morgan fingerprint density at radius 3 is 2.35 bits per heavy atom. The van der Waals surface area contributed by atoms with Crippen LogP contribution in [0.15, 0.2) is 42.6 Å². The molecule has 1 heterocycles. The molecule has 0 spiro atoms. The largest absolute Gasteiger partial charge is 0.493 e. The van der Waals surface area contributed by atoms with E-state index in [9.17, 15) is 0 Å². The SMILES string of the molecule is COc1cc(Nc2ncc3c(n2)-c2ccccc2C3)cc(OC)c1OC. The van der Waals surface area contributed by atoms with Crippen LogP contribution >= 0.6 is 0 Å². The van der Waals surface area contributed by atoms with Crippen LogP contribution in [0.1, 0.15) is 11.1 Å². The summed E-state index contributed by atoms with van der Waals surface area (Å²) in [7, 11) is 4.75. The number of nitrogens with zero attached hydrogens (tertiary/aromatic N) is 2. The summed E-state index contributed by atoms with van der Waals surface area (Å²) in [6.07, 6.45) is 2.75. The lowest BCUT2D eigenvalue weighted by Crippen LogP contribution is -2.01. The van der Waals surface area contributed by atoms with Gasteiger partial charge in [-0.05, 0) is 5.56 Å². The highest BCUT2D eigenvalue weighted by molar-refractivity contribution is 5.74. The number of methoxy groups -OCH3 is 3. The van der Waals surface area contributed by atoms with E-state index in [1.165, 1.54) is 5.56 Å². The van der Waals surface area contributed by atoms with Crippen molar-refractivity contribution in [2.45, 2.75) is 6.42 Å². The van der Waals surface area contributed by atoms with Crippen LogP contribution in [0.3, 0.4) is 0 Å². The van der Waals surface area contributed by atoms with Crippen LogP contribution in [0.4, 0.5) is 11.6 Å². The molecule has 0 saturated carbocycles. The molecule has 6 nitrogen and oxygen atoms in total. The molecule has 6 heteroatoms. The normalized spacial score (nSPS) is 11.5. The number of anilines is 2. The van der Waals surface area contributed by atoms with Crippen molar-refractivity contribution in [2.24, 2.45) is 0 Å². The second-order valence-corrected chi connectivity index (χ2v) is 5.94. The van der Waals surface area contributed by atoms with E-state index in [-0.39, 0.29) is 0 Å². The molecule has 1 aromatic heterocycles. The molecule has 2 aromatic carbocycles. The monoisotopic (exact) mass is 349 g/mol. The molecule has 0 unspecified atom stereocenters. The van der Waals surface area contributed by atoms with Gasteiger partial charge in [0.2, 0.25) is 11.7 Å². The zero-order valence-electron chi connectivity index (χ0n) is 14.9. The van der Waals surface area contributed by atoms with E-state index in [4.69, 9.17) is 19.2 Å². The summed E-state index contributed by atoms with van der Waals surface area (Å²) in [6.45, 7) is 0. The number of rotatable bonds is 5. The van der Waals surface area contributed by atoms with Crippen LogP contribution in [-0.2, 0) is 6.42 Å². The van der Waals surface area contributed by atoms with Crippen molar-refractivity contribution in [1.82, 2.24) is 9.97 Å². The molecule has 1 aliphatic carbocycles. The van der Waals surface area contributed by atoms with Gasteiger partial charge in [-0.2, -0.15) is 0 Å². The minimum Gasteiger partial charge on any atom is -0.493 e. The van der Waals surface area contributed by atoms with Crippen LogP contribution in [0.2, 0.25) is 0 Å². The first-order valence-electron chi connectivity index (χ1n) is 8.24. The van der Waals surface area contributed by atoms with Gasteiger partial charge in [-0.3, -0.25) is 0 Å². The summed E-state index contributed by atoms with van der Waals surface area (Å²) in [5, 5.41) is 3.23. The number of hydrogen-bond donors (Lipinski definition) is 1. The Kier molecular flexibility index (Phi) is 4.08. The maximum absolute atomic E-state index is 5.39. The molecular weight excluding hydrogens is 330 g/mol. The van der Waals surface area contributed by atoms with Crippen LogP contribution in [-0.4, -0.2) is 31.3 Å². The fourth-order valence-corrected chi connectivity index (χ4v) is 3.22. The average molecular weight is 349 g/mol. The molecule has 0 bridgehead atoms. The molecule has 0 atom stereocenters. The molecule has 1 N–H and O–H groups in total. The topological polar surface area (TPSA) is 65.5 Å². The molecule has 132 valence electrons. The Labute approximate surface area is 151 Å². The van der Waals surface area contributed by atoms with E-state index >= 15 is 0 Å². The minimum atomic E-state index is 0.523. The maximum atomic E-state index is 5.39. The number of ether oxygens (including phenoxy) is 3. The lowest BCUT2D eigenvalue weighted by molar-refractivity contribution is 0.324. The highest BCUT2D eigenvalue weighted by Crippen LogP contribution is 2.41. The van der Waals surface area contributed by atoms with Crippen LogP contribution in [0, 0.1) is 0 Å². The molecule has 26 heavy (non-hydrogen) atoms. The van der Waals surface area contributed by atoms with Gasteiger partial charge in [-0.1, -0.05) is 24.3 Å². The molecule has 0 amide bonds. The highest BCUT2D eigenvalue weighted by Gasteiger charge is 2.20. The number of nitrogens with one attached hydrogen (secondary N) is 1. The molecule has 0 radical (unpaired) electrons. The van der Waals surface area contributed by atoms with Crippen molar-refractivity contribution in [2.75, 3.05) is 26.6 Å². The quantitative estimate of drug-likeness (QED) is 0.591. The Balaban J connectivity index is 1.69. The first-order valence-corrected chi connectivity index (χ1v) is 8.24.